The highest BCUT2D eigenvalue weighted by Crippen LogP contribution is 2.75. The number of hydrogen-bond donors (Lipinski definition) is 3. The molecule has 5 nitrogen and oxygen atoms in total. The predicted molar refractivity (Wildman–Crippen MR) is 157 cm³/mol. The fourth-order valence-electron chi connectivity index (χ4n) is 11.2. The Balaban J connectivity index is 1.52. The van der Waals surface area contributed by atoms with Crippen molar-refractivity contribution in [2.75, 3.05) is 13.1 Å². The molecule has 5 aliphatic rings. The molecule has 5 rings (SSSR count). The van der Waals surface area contributed by atoms with Crippen LogP contribution in [0.4, 0.5) is 0 Å². The van der Waals surface area contributed by atoms with Crippen molar-refractivity contribution in [1.29, 1.82) is 0 Å². The van der Waals surface area contributed by atoms with E-state index in [4.69, 9.17) is 0 Å². The maximum Gasteiger partial charge on any atom is 0.230 e. The van der Waals surface area contributed by atoms with Crippen LogP contribution in [0.1, 0.15) is 126 Å². The number of amides is 2. The Labute approximate surface area is 237 Å². The topological polar surface area (TPSA) is 78.4 Å². The van der Waals surface area contributed by atoms with Gasteiger partial charge in [0, 0.05) is 20.0 Å². The summed E-state index contributed by atoms with van der Waals surface area (Å²) in [6.07, 6.45) is 11.7. The van der Waals surface area contributed by atoms with Gasteiger partial charge in [0.15, 0.2) is 0 Å². The second-order valence-electron chi connectivity index (χ2n) is 16.4. The van der Waals surface area contributed by atoms with Gasteiger partial charge < -0.3 is 15.7 Å². The fourth-order valence-corrected chi connectivity index (χ4v) is 11.2. The van der Waals surface area contributed by atoms with E-state index in [0.29, 0.717) is 24.9 Å². The number of aliphatic hydroxyl groups is 1. The Morgan fingerprint density at radius 1 is 0.795 bits per heavy atom. The first kappa shape index (κ1) is 29.1. The maximum absolute atomic E-state index is 14.0. The highest BCUT2D eigenvalue weighted by atomic mass is 16.3. The molecule has 0 aromatic rings. The fraction of sp³-hybridized carbons (Fsp3) is 0.882. The first-order valence-corrected chi connectivity index (χ1v) is 16.0. The molecule has 0 aromatic heterocycles. The average molecular weight is 541 g/mol. The zero-order valence-electron chi connectivity index (χ0n) is 26.2. The first-order valence-electron chi connectivity index (χ1n) is 16.0. The van der Waals surface area contributed by atoms with E-state index in [1.165, 1.54) is 31.8 Å². The third-order valence-electron chi connectivity index (χ3n) is 13.7. The molecule has 0 spiro atoms. The number of carbonyl (C=O) groups is 2. The highest BCUT2D eigenvalue weighted by Gasteiger charge is 2.68. The van der Waals surface area contributed by atoms with Crippen molar-refractivity contribution in [1.82, 2.24) is 10.6 Å². The second kappa shape index (κ2) is 9.33. The Morgan fingerprint density at radius 3 is 2.15 bits per heavy atom. The summed E-state index contributed by atoms with van der Waals surface area (Å²) in [5, 5.41) is 17.1. The normalized spacial score (nSPS) is 44.3. The van der Waals surface area contributed by atoms with Crippen LogP contribution < -0.4 is 10.6 Å². The van der Waals surface area contributed by atoms with Crippen LogP contribution >= 0.6 is 0 Å². The lowest BCUT2D eigenvalue weighted by atomic mass is 9.34. The molecule has 220 valence electrons. The van der Waals surface area contributed by atoms with E-state index in [2.05, 4.69) is 59.1 Å². The number of aliphatic hydroxyl groups excluding tert-OH is 1. The number of allylic oxidation sites excluding steroid dienone is 1. The minimum absolute atomic E-state index is 0.0293. The number of rotatable bonds is 4. The summed E-state index contributed by atoms with van der Waals surface area (Å²) in [4.78, 5) is 25.4. The average Bonchev–Trinajstić information content (AvgIpc) is 2.84. The Bertz CT molecular complexity index is 1060. The van der Waals surface area contributed by atoms with Gasteiger partial charge in [-0.25, -0.2) is 0 Å². The Kier molecular flexibility index (Phi) is 6.97. The minimum Gasteiger partial charge on any atom is -0.393 e. The van der Waals surface area contributed by atoms with Gasteiger partial charge in [-0.1, -0.05) is 59.6 Å². The van der Waals surface area contributed by atoms with E-state index in [9.17, 15) is 14.7 Å². The first-order chi connectivity index (χ1) is 18.0. The van der Waals surface area contributed by atoms with Crippen molar-refractivity contribution in [2.45, 2.75) is 132 Å². The van der Waals surface area contributed by atoms with Gasteiger partial charge in [0.1, 0.15) is 0 Å². The number of fused-ring (bicyclic) bond motifs is 6. The maximum atomic E-state index is 14.0. The van der Waals surface area contributed by atoms with Crippen LogP contribution in [0.3, 0.4) is 0 Å². The lowest BCUT2D eigenvalue weighted by Gasteiger charge is -2.71. The van der Waals surface area contributed by atoms with Crippen molar-refractivity contribution in [3.63, 3.8) is 0 Å². The van der Waals surface area contributed by atoms with Gasteiger partial charge in [0.25, 0.3) is 0 Å². The molecule has 3 N–H and O–H groups in total. The van der Waals surface area contributed by atoms with E-state index in [1.54, 1.807) is 5.57 Å². The van der Waals surface area contributed by atoms with Crippen LogP contribution in [0.25, 0.3) is 0 Å². The summed E-state index contributed by atoms with van der Waals surface area (Å²) in [5.41, 5.74) is 3.51. The third kappa shape index (κ3) is 4.17. The van der Waals surface area contributed by atoms with E-state index in [0.717, 1.165) is 51.4 Å². The third-order valence-corrected chi connectivity index (χ3v) is 13.7. The lowest BCUT2D eigenvalue weighted by molar-refractivity contribution is -0.204. The van der Waals surface area contributed by atoms with Gasteiger partial charge in [0.05, 0.1) is 11.5 Å². The SMILES string of the molecule is CC(=O)NCCNC(=O)[C@]12CCC(C)(C)CC1=C1CC[C@@H]3[C@@]4(C)CC[C@H](O)C(C)(C)[C@@H]4CC[C@@]3(C)[C@]1(C)CC2. The number of hydrogen-bond acceptors (Lipinski definition) is 3. The second-order valence-corrected chi connectivity index (χ2v) is 16.4. The van der Waals surface area contributed by atoms with Crippen molar-refractivity contribution < 1.29 is 14.7 Å². The van der Waals surface area contributed by atoms with Crippen molar-refractivity contribution in [3.05, 3.63) is 11.1 Å². The summed E-state index contributed by atoms with van der Waals surface area (Å²) < 4.78 is 0. The molecule has 0 aromatic carbocycles. The summed E-state index contributed by atoms with van der Waals surface area (Å²) in [5.74, 6) is 1.36. The van der Waals surface area contributed by atoms with Gasteiger partial charge in [-0.15, -0.1) is 0 Å². The van der Waals surface area contributed by atoms with E-state index >= 15 is 0 Å². The van der Waals surface area contributed by atoms with Crippen LogP contribution in [-0.4, -0.2) is 36.1 Å². The summed E-state index contributed by atoms with van der Waals surface area (Å²) in [6, 6.07) is 0. The quantitative estimate of drug-likeness (QED) is 0.280. The molecule has 0 heterocycles. The smallest absolute Gasteiger partial charge is 0.230 e. The van der Waals surface area contributed by atoms with Gasteiger partial charge in [0.2, 0.25) is 11.8 Å². The summed E-state index contributed by atoms with van der Waals surface area (Å²) in [6.45, 7) is 19.7. The Morgan fingerprint density at radius 2 is 1.46 bits per heavy atom. The molecule has 4 saturated carbocycles. The van der Waals surface area contributed by atoms with E-state index < -0.39 is 0 Å². The summed E-state index contributed by atoms with van der Waals surface area (Å²) in [7, 11) is 0. The molecule has 5 heteroatoms. The minimum atomic E-state index is -0.387. The molecule has 0 unspecified atom stereocenters. The van der Waals surface area contributed by atoms with Crippen LogP contribution in [-0.2, 0) is 9.59 Å². The number of carbonyl (C=O) groups excluding carboxylic acids is 2. The lowest BCUT2D eigenvalue weighted by Crippen LogP contribution is -2.64. The largest absolute Gasteiger partial charge is 0.393 e. The zero-order valence-corrected chi connectivity index (χ0v) is 26.2. The predicted octanol–water partition coefficient (Wildman–Crippen LogP) is 6.55. The van der Waals surface area contributed by atoms with Gasteiger partial charge >= 0.3 is 0 Å². The molecular weight excluding hydrogens is 484 g/mol. The van der Waals surface area contributed by atoms with E-state index in [1.807, 2.05) is 0 Å². The standard InChI is InChI=1S/C34H56N2O3/c1-22(37)35-19-20-36-28(39)34-17-15-29(2,3)21-24(34)23-9-10-26-31(6)13-12-27(38)30(4,5)25(31)11-14-33(26,8)32(23,7)16-18-34/h25-27,38H,9-21H2,1-8H3,(H,35,37)(H,36,39)/t25-,26+,27-,31-,32+,33+,34-/m0/s1. The molecule has 7 atom stereocenters. The molecule has 2 amide bonds. The van der Waals surface area contributed by atoms with Crippen LogP contribution in [0.15, 0.2) is 11.1 Å². The van der Waals surface area contributed by atoms with E-state index in [-0.39, 0.29) is 50.4 Å². The monoisotopic (exact) mass is 540 g/mol. The zero-order chi connectivity index (χ0) is 28.6. The van der Waals surface area contributed by atoms with Gasteiger partial charge in [-0.05, 0) is 110 Å². The van der Waals surface area contributed by atoms with Crippen LogP contribution in [0, 0.1) is 44.3 Å². The molecule has 4 fully saturated rings. The van der Waals surface area contributed by atoms with Crippen LogP contribution in [0.5, 0.6) is 0 Å². The molecule has 0 aliphatic heterocycles. The molecule has 0 bridgehead atoms. The van der Waals surface area contributed by atoms with Gasteiger partial charge in [-0.2, -0.15) is 0 Å². The van der Waals surface area contributed by atoms with Crippen molar-refractivity contribution >= 4 is 11.8 Å². The molecule has 39 heavy (non-hydrogen) atoms. The molecule has 0 radical (unpaired) electrons. The summed E-state index contributed by atoms with van der Waals surface area (Å²) >= 11 is 0. The van der Waals surface area contributed by atoms with Crippen molar-refractivity contribution in [2.24, 2.45) is 44.3 Å². The van der Waals surface area contributed by atoms with Gasteiger partial charge in [-0.3, -0.25) is 9.59 Å². The molecular formula is C34H56N2O3. The van der Waals surface area contributed by atoms with Crippen molar-refractivity contribution in [3.8, 4) is 0 Å². The molecule has 5 aliphatic carbocycles. The highest BCUT2D eigenvalue weighted by molar-refractivity contribution is 5.87. The van der Waals surface area contributed by atoms with Crippen LogP contribution in [0.2, 0.25) is 0 Å². The Hall–Kier alpha value is -1.36. The molecule has 0 saturated heterocycles. The number of nitrogens with one attached hydrogen (secondary N) is 2.